The van der Waals surface area contributed by atoms with Gasteiger partial charge in [-0.15, -0.1) is 0 Å². The van der Waals surface area contributed by atoms with Crippen molar-refractivity contribution in [2.45, 2.75) is 18.7 Å². The van der Waals surface area contributed by atoms with Crippen molar-refractivity contribution < 1.29 is 18.0 Å². The predicted octanol–water partition coefficient (Wildman–Crippen LogP) is 4.06. The predicted molar refractivity (Wildman–Crippen MR) is 134 cm³/mol. The summed E-state index contributed by atoms with van der Waals surface area (Å²) >= 11 is 6.03. The number of nitrogens with zero attached hydrogens (tertiary/aromatic N) is 1. The number of halogens is 1. The number of para-hydroxylation sites is 1. The van der Waals surface area contributed by atoms with Gasteiger partial charge in [0.15, 0.2) is 0 Å². The van der Waals surface area contributed by atoms with E-state index in [1.807, 2.05) is 26.0 Å². The molecular formula is C24H25ClN4O4S. The van der Waals surface area contributed by atoms with Crippen LogP contribution in [0.1, 0.15) is 34.6 Å². The first kappa shape index (κ1) is 25.1. The molecule has 10 heteroatoms. The maximum atomic E-state index is 12.7. The number of rotatable bonds is 8. The van der Waals surface area contributed by atoms with Crippen molar-refractivity contribution in [2.75, 3.05) is 22.7 Å². The second-order valence-corrected chi connectivity index (χ2v) is 9.33. The third kappa shape index (κ3) is 6.06. The third-order valence-electron chi connectivity index (χ3n) is 5.07. The van der Waals surface area contributed by atoms with Crippen molar-refractivity contribution in [3.63, 3.8) is 0 Å². The molecule has 3 N–H and O–H groups in total. The molecule has 0 unspecified atom stereocenters. The lowest BCUT2D eigenvalue weighted by Gasteiger charge is -2.21. The van der Waals surface area contributed by atoms with Crippen molar-refractivity contribution >= 4 is 44.8 Å². The number of hydrogen-bond acceptors (Lipinski definition) is 5. The number of carbonyl (C=O) groups is 2. The molecule has 0 aliphatic carbocycles. The molecule has 178 valence electrons. The number of anilines is 2. The second kappa shape index (κ2) is 11.0. The van der Waals surface area contributed by atoms with Gasteiger partial charge in [-0.3, -0.25) is 25.2 Å². The number of nitrogens with one attached hydrogen (secondary N) is 3. The van der Waals surface area contributed by atoms with Crippen LogP contribution in [0.4, 0.5) is 11.4 Å². The van der Waals surface area contributed by atoms with Gasteiger partial charge in [0.2, 0.25) is 0 Å². The number of hydrogen-bond donors (Lipinski definition) is 3. The van der Waals surface area contributed by atoms with Crippen LogP contribution in [0.3, 0.4) is 0 Å². The zero-order valence-corrected chi connectivity index (χ0v) is 20.3. The highest BCUT2D eigenvalue weighted by Crippen LogP contribution is 2.24. The molecule has 0 saturated carbocycles. The van der Waals surface area contributed by atoms with Crippen molar-refractivity contribution in [3.05, 3.63) is 88.9 Å². The Balaban J connectivity index is 1.66. The van der Waals surface area contributed by atoms with Gasteiger partial charge >= 0.3 is 0 Å². The highest BCUT2D eigenvalue weighted by atomic mass is 35.5. The summed E-state index contributed by atoms with van der Waals surface area (Å²) in [6.07, 6.45) is 0. The Hall–Kier alpha value is -3.56. The summed E-state index contributed by atoms with van der Waals surface area (Å²) in [5.74, 6) is -1.16. The fraction of sp³-hybridized carbons (Fsp3) is 0.167. The highest BCUT2D eigenvalue weighted by molar-refractivity contribution is 7.92. The summed E-state index contributed by atoms with van der Waals surface area (Å²) in [5.41, 5.74) is 6.30. The van der Waals surface area contributed by atoms with Gasteiger partial charge in [-0.2, -0.15) is 0 Å². The van der Waals surface area contributed by atoms with Crippen LogP contribution in [0.5, 0.6) is 0 Å². The Bertz CT molecular complexity index is 1280. The first-order chi connectivity index (χ1) is 16.2. The van der Waals surface area contributed by atoms with E-state index in [9.17, 15) is 18.0 Å². The van der Waals surface area contributed by atoms with Gasteiger partial charge in [-0.1, -0.05) is 29.8 Å². The Morgan fingerprint density at radius 3 is 2.06 bits per heavy atom. The zero-order valence-electron chi connectivity index (χ0n) is 18.7. The quantitative estimate of drug-likeness (QED) is 0.404. The van der Waals surface area contributed by atoms with E-state index in [0.29, 0.717) is 5.56 Å². The molecule has 0 heterocycles. The standard InChI is InChI=1S/C24H25ClN4O4S/c1-3-29(4-2)19-14-12-17(13-15-19)23(30)26-27-24(31)18-8-7-9-20(16-18)34(32,33)28-22-11-6-5-10-21(22)25/h5-16,28H,3-4H2,1-2H3,(H,26,30)(H,27,31). The van der Waals surface area contributed by atoms with E-state index in [1.54, 1.807) is 30.3 Å². The van der Waals surface area contributed by atoms with Gasteiger partial charge in [0.1, 0.15) is 0 Å². The maximum absolute atomic E-state index is 12.7. The normalized spacial score (nSPS) is 10.9. The summed E-state index contributed by atoms with van der Waals surface area (Å²) in [4.78, 5) is 26.9. The molecule has 0 atom stereocenters. The van der Waals surface area contributed by atoms with Crippen LogP contribution in [-0.2, 0) is 10.0 Å². The summed E-state index contributed by atoms with van der Waals surface area (Å²) in [5, 5.41) is 0.243. The highest BCUT2D eigenvalue weighted by Gasteiger charge is 2.18. The van der Waals surface area contributed by atoms with Crippen molar-refractivity contribution in [1.29, 1.82) is 0 Å². The number of sulfonamides is 1. The summed E-state index contributed by atoms with van der Waals surface area (Å²) in [7, 11) is -3.99. The molecular weight excluding hydrogens is 476 g/mol. The van der Waals surface area contributed by atoms with E-state index in [4.69, 9.17) is 11.6 Å². The molecule has 8 nitrogen and oxygen atoms in total. The SMILES string of the molecule is CCN(CC)c1ccc(C(=O)NNC(=O)c2cccc(S(=O)(=O)Nc3ccccc3Cl)c2)cc1. The van der Waals surface area contributed by atoms with Gasteiger partial charge < -0.3 is 4.90 Å². The van der Waals surface area contributed by atoms with Crippen LogP contribution in [0.25, 0.3) is 0 Å². The maximum Gasteiger partial charge on any atom is 0.269 e. The van der Waals surface area contributed by atoms with Crippen LogP contribution in [0.2, 0.25) is 5.02 Å². The molecule has 34 heavy (non-hydrogen) atoms. The molecule has 3 rings (SSSR count). The van der Waals surface area contributed by atoms with Crippen molar-refractivity contribution in [1.82, 2.24) is 10.9 Å². The fourth-order valence-corrected chi connectivity index (χ4v) is 4.59. The van der Waals surface area contributed by atoms with Gasteiger partial charge in [-0.05, 0) is 68.4 Å². The van der Waals surface area contributed by atoms with Crippen LogP contribution < -0.4 is 20.5 Å². The van der Waals surface area contributed by atoms with E-state index >= 15 is 0 Å². The lowest BCUT2D eigenvalue weighted by atomic mass is 10.2. The van der Waals surface area contributed by atoms with Crippen LogP contribution in [0, 0.1) is 0 Å². The summed E-state index contributed by atoms with van der Waals surface area (Å²) in [6.45, 7) is 5.79. The third-order valence-corrected chi connectivity index (χ3v) is 6.77. The van der Waals surface area contributed by atoms with Gasteiger partial charge in [0.05, 0.1) is 15.6 Å². The molecule has 3 aromatic carbocycles. The lowest BCUT2D eigenvalue weighted by molar-refractivity contribution is 0.0846. The summed E-state index contributed by atoms with van der Waals surface area (Å²) < 4.78 is 27.8. The first-order valence-corrected chi connectivity index (χ1v) is 12.4. The molecule has 0 bridgehead atoms. The minimum absolute atomic E-state index is 0.0548. The topological polar surface area (TPSA) is 108 Å². The second-order valence-electron chi connectivity index (χ2n) is 7.24. The molecule has 0 saturated heterocycles. The Kier molecular flexibility index (Phi) is 8.14. The van der Waals surface area contributed by atoms with E-state index in [0.717, 1.165) is 18.8 Å². The molecule has 3 aromatic rings. The van der Waals surface area contributed by atoms with E-state index in [2.05, 4.69) is 20.5 Å². The average molecular weight is 501 g/mol. The lowest BCUT2D eigenvalue weighted by Crippen LogP contribution is -2.41. The van der Waals surface area contributed by atoms with Gasteiger partial charge in [0, 0.05) is 29.9 Å². The van der Waals surface area contributed by atoms with E-state index in [1.165, 1.54) is 30.3 Å². The van der Waals surface area contributed by atoms with Crippen molar-refractivity contribution in [2.24, 2.45) is 0 Å². The minimum atomic E-state index is -3.99. The number of carbonyl (C=O) groups excluding carboxylic acids is 2. The molecule has 2 amide bonds. The van der Waals surface area contributed by atoms with Crippen LogP contribution in [0.15, 0.2) is 77.7 Å². The van der Waals surface area contributed by atoms with E-state index in [-0.39, 0.29) is 21.2 Å². The van der Waals surface area contributed by atoms with Crippen molar-refractivity contribution in [3.8, 4) is 0 Å². The molecule has 0 aliphatic rings. The largest absolute Gasteiger partial charge is 0.372 e. The number of amides is 2. The first-order valence-electron chi connectivity index (χ1n) is 10.6. The van der Waals surface area contributed by atoms with Gasteiger partial charge in [0.25, 0.3) is 21.8 Å². The molecule has 0 aliphatic heterocycles. The molecule has 0 fully saturated rings. The van der Waals surface area contributed by atoms with E-state index < -0.39 is 21.8 Å². The molecule has 0 spiro atoms. The average Bonchev–Trinajstić information content (AvgIpc) is 2.85. The number of benzene rings is 3. The fourth-order valence-electron chi connectivity index (χ4n) is 3.22. The molecule has 0 radical (unpaired) electrons. The van der Waals surface area contributed by atoms with Crippen LogP contribution in [-0.4, -0.2) is 33.3 Å². The Labute approximate surface area is 204 Å². The Morgan fingerprint density at radius 1 is 0.824 bits per heavy atom. The van der Waals surface area contributed by atoms with Gasteiger partial charge in [-0.25, -0.2) is 8.42 Å². The smallest absolute Gasteiger partial charge is 0.269 e. The minimum Gasteiger partial charge on any atom is -0.372 e. The van der Waals surface area contributed by atoms with Crippen LogP contribution >= 0.6 is 11.6 Å². The summed E-state index contributed by atoms with van der Waals surface area (Å²) in [6, 6.07) is 18.9. The monoisotopic (exact) mass is 500 g/mol. The molecule has 0 aromatic heterocycles. The zero-order chi connectivity index (χ0) is 24.7. The number of hydrazine groups is 1. The Morgan fingerprint density at radius 2 is 1.44 bits per heavy atom.